The van der Waals surface area contributed by atoms with Crippen LogP contribution in [0.2, 0.25) is 0 Å². The molecule has 0 aromatic carbocycles. The largest absolute Gasteiger partial charge is 0.477 e. The molecular weight excluding hydrogens is 1280 g/mol. The number of ether oxygens (including phenoxy) is 3. The van der Waals surface area contributed by atoms with Crippen LogP contribution in [0.1, 0.15) is 239 Å². The molecule has 5 fully saturated rings. The fraction of sp³-hybridized carbons (Fsp3) is 0.586. The lowest BCUT2D eigenvalue weighted by atomic mass is 9.83. The zero-order chi connectivity index (χ0) is 72.3. The Morgan fingerprint density at radius 2 is 0.804 bits per heavy atom. The number of nitrogens with one attached hydrogen (secondary N) is 2. The number of nitrogens with two attached hydrogens (primary N) is 1. The second-order valence-electron chi connectivity index (χ2n) is 28.1. The molecule has 5 saturated carbocycles. The van der Waals surface area contributed by atoms with E-state index in [-0.39, 0.29) is 63.2 Å². The first-order chi connectivity index (χ1) is 45.3. The number of anilines is 2. The van der Waals surface area contributed by atoms with Crippen molar-refractivity contribution in [2.24, 2.45) is 5.73 Å². The average molecular weight is 1380 g/mol. The Morgan fingerprint density at radius 1 is 0.495 bits per heavy atom. The van der Waals surface area contributed by atoms with Crippen LogP contribution in [0.25, 0.3) is 0 Å². The number of halogens is 1. The first-order valence-corrected chi connectivity index (χ1v) is 33.3. The van der Waals surface area contributed by atoms with Crippen molar-refractivity contribution in [3.8, 4) is 0 Å². The van der Waals surface area contributed by atoms with E-state index in [4.69, 9.17) is 27.4 Å². The van der Waals surface area contributed by atoms with Crippen LogP contribution in [-0.2, 0) is 14.2 Å². The highest BCUT2D eigenvalue weighted by Gasteiger charge is 2.34. The number of nitrogens with zero attached hydrogens (tertiary/aromatic N) is 4. The van der Waals surface area contributed by atoms with Gasteiger partial charge < -0.3 is 73.3 Å². The highest BCUT2D eigenvalue weighted by Crippen LogP contribution is 2.37. The monoisotopic (exact) mass is 1380 g/mol. The molecule has 0 bridgehead atoms. The molecule has 10 N–H and O–H groups in total. The number of hydrogen-bond acceptors (Lipinski definition) is 20. The van der Waals surface area contributed by atoms with Crippen LogP contribution in [0, 0.1) is 0 Å². The second kappa shape index (κ2) is 35.2. The van der Waals surface area contributed by atoms with Crippen LogP contribution < -0.4 is 43.7 Å². The number of aromatic nitrogens is 4. The number of carboxylic acid groups (broad SMARTS) is 1. The lowest BCUT2D eigenvalue weighted by Crippen LogP contribution is -2.36. The van der Waals surface area contributed by atoms with Gasteiger partial charge in [0.25, 0.3) is 22.2 Å². The van der Waals surface area contributed by atoms with Crippen molar-refractivity contribution in [2.75, 3.05) is 24.4 Å². The van der Waals surface area contributed by atoms with Gasteiger partial charge in [-0.25, -0.2) is 24.0 Å². The Morgan fingerprint density at radius 3 is 1.14 bits per heavy atom. The number of carboxylic acids is 1. The summed E-state index contributed by atoms with van der Waals surface area (Å²) >= 11 is 5.49. The van der Waals surface area contributed by atoms with E-state index < -0.39 is 68.8 Å². The zero-order valence-corrected chi connectivity index (χ0v) is 58.2. The third-order valence-electron chi connectivity index (χ3n) is 18.2. The summed E-state index contributed by atoms with van der Waals surface area (Å²) in [5, 5.41) is 60.6. The summed E-state index contributed by atoms with van der Waals surface area (Å²) in [4.78, 5) is 107. The number of aliphatic hydroxyl groups is 5. The molecule has 5 heterocycles. The Kier molecular flexibility index (Phi) is 29.0. The van der Waals surface area contributed by atoms with E-state index in [1.165, 1.54) is 49.3 Å². The topological polar surface area (TPSA) is 386 Å². The fourth-order valence-electron chi connectivity index (χ4n) is 12.1. The lowest BCUT2D eigenvalue weighted by molar-refractivity contribution is 0.00907. The van der Waals surface area contributed by atoms with Gasteiger partial charge in [-0.1, -0.05) is 0 Å². The summed E-state index contributed by atoms with van der Waals surface area (Å²) in [6.07, 6.45) is 22.4. The highest BCUT2D eigenvalue weighted by atomic mass is 35.5. The molecule has 26 nitrogen and oxygen atoms in total. The molecule has 0 unspecified atom stereocenters. The van der Waals surface area contributed by atoms with E-state index in [2.05, 4.69) is 24.0 Å². The summed E-state index contributed by atoms with van der Waals surface area (Å²) in [5.41, 5.74) is 0.641. The summed E-state index contributed by atoms with van der Waals surface area (Å²) in [7, 11) is 2.46. The lowest BCUT2D eigenvalue weighted by Gasteiger charge is -2.34. The van der Waals surface area contributed by atoms with Crippen molar-refractivity contribution in [2.45, 2.75) is 248 Å². The minimum absolute atomic E-state index is 0.0166. The number of aromatic carboxylic acids is 1. The van der Waals surface area contributed by atoms with Gasteiger partial charge in [0, 0.05) is 66.8 Å². The molecule has 0 aliphatic heterocycles. The van der Waals surface area contributed by atoms with Gasteiger partial charge in [0.15, 0.2) is 0 Å². The molecular formula is C70H100ClN7O19. The predicted molar refractivity (Wildman–Crippen MR) is 366 cm³/mol. The van der Waals surface area contributed by atoms with Gasteiger partial charge in [0.1, 0.15) is 33.7 Å². The van der Waals surface area contributed by atoms with E-state index in [1.54, 1.807) is 103 Å². The molecule has 5 aromatic heterocycles. The SMILES string of the molecule is CC1(O)CCC(N)CC1.CC1(O)CCC(n2cccc(C(=O)O)c2=O)CC1.CC1(O)CCC(n2cccc(NC(=O)OC(C)(C)C)c2=O)CC1.CC1(O)CCC(n2cccc(NCl)c2=O)CC1.COC(=O)c1cccn(C2CCC(C)(O)CC2)c1=O.COC(=O)c1cccoc1=O. The third kappa shape index (κ3) is 25.0. The first kappa shape index (κ1) is 80.0. The number of esters is 2. The number of amides is 1. The summed E-state index contributed by atoms with van der Waals surface area (Å²) in [6.45, 7) is 14.5. The number of rotatable bonds is 9. The Labute approximate surface area is 569 Å². The smallest absolute Gasteiger partial charge is 0.412 e. The minimum Gasteiger partial charge on any atom is -0.477 e. The van der Waals surface area contributed by atoms with Crippen molar-refractivity contribution in [1.29, 1.82) is 0 Å². The molecule has 1 amide bonds. The van der Waals surface area contributed by atoms with Crippen LogP contribution >= 0.6 is 11.8 Å². The molecule has 0 saturated heterocycles. The minimum atomic E-state index is -1.20. The number of pyridine rings is 4. The van der Waals surface area contributed by atoms with Crippen molar-refractivity contribution >= 4 is 47.2 Å². The summed E-state index contributed by atoms with van der Waals surface area (Å²) < 4.78 is 24.9. The van der Waals surface area contributed by atoms with Gasteiger partial charge in [0.2, 0.25) is 0 Å². The normalized spacial score (nSPS) is 26.7. The van der Waals surface area contributed by atoms with Crippen LogP contribution in [0.5, 0.6) is 0 Å². The zero-order valence-electron chi connectivity index (χ0n) is 57.4. The van der Waals surface area contributed by atoms with Crippen LogP contribution in [-0.4, -0.2) is 127 Å². The van der Waals surface area contributed by atoms with Crippen LogP contribution in [0.3, 0.4) is 0 Å². The van der Waals surface area contributed by atoms with Crippen LogP contribution in [0.15, 0.2) is 120 Å². The van der Waals surface area contributed by atoms with Gasteiger partial charge in [-0.05, 0) is 244 Å². The molecule has 5 aliphatic carbocycles. The van der Waals surface area contributed by atoms with Crippen molar-refractivity contribution < 1.29 is 68.4 Å². The van der Waals surface area contributed by atoms with Gasteiger partial charge in [-0.2, -0.15) is 0 Å². The maximum atomic E-state index is 12.6. The molecule has 5 aromatic rings. The number of hydrogen-bond donors (Lipinski definition) is 9. The molecule has 0 radical (unpaired) electrons. The van der Waals surface area contributed by atoms with Crippen LogP contribution in [0.4, 0.5) is 16.2 Å². The van der Waals surface area contributed by atoms with Crippen molar-refractivity contribution in [1.82, 2.24) is 18.3 Å². The maximum absolute atomic E-state index is 12.6. The fourth-order valence-corrected chi connectivity index (χ4v) is 12.2. The molecule has 0 atom stereocenters. The number of carbonyl (C=O) groups excluding carboxylic acids is 3. The van der Waals surface area contributed by atoms with Gasteiger partial charge in [-0.3, -0.25) is 29.3 Å². The average Bonchev–Trinajstić information content (AvgIpc) is 0.928. The second-order valence-corrected chi connectivity index (χ2v) is 28.3. The van der Waals surface area contributed by atoms with Gasteiger partial charge in [-0.15, -0.1) is 0 Å². The quantitative estimate of drug-likeness (QED) is 0.0377. The molecule has 97 heavy (non-hydrogen) atoms. The molecule has 10 rings (SSSR count). The molecule has 536 valence electrons. The summed E-state index contributed by atoms with van der Waals surface area (Å²) in [5.74, 6) is -2.49. The van der Waals surface area contributed by atoms with E-state index in [9.17, 15) is 68.7 Å². The maximum Gasteiger partial charge on any atom is 0.412 e. The third-order valence-corrected chi connectivity index (χ3v) is 18.4. The van der Waals surface area contributed by atoms with E-state index in [0.717, 1.165) is 77.0 Å². The molecule has 27 heteroatoms. The predicted octanol–water partition coefficient (Wildman–Crippen LogP) is 9.32. The summed E-state index contributed by atoms with van der Waals surface area (Å²) in [6, 6.07) is 16.2. The van der Waals surface area contributed by atoms with E-state index >= 15 is 0 Å². The Bertz CT molecular complexity index is 3700. The van der Waals surface area contributed by atoms with E-state index in [1.807, 2.05) is 27.7 Å². The van der Waals surface area contributed by atoms with Gasteiger partial charge in [0.05, 0.1) is 48.5 Å². The Balaban J connectivity index is 0.000000215. The Hall–Kier alpha value is -7.72. The number of carbonyl (C=O) groups is 4. The first-order valence-electron chi connectivity index (χ1n) is 32.9. The van der Waals surface area contributed by atoms with Gasteiger partial charge >= 0.3 is 29.6 Å². The number of methoxy groups -OCH3 is 2. The highest BCUT2D eigenvalue weighted by molar-refractivity contribution is 6.23. The standard InChI is InChI=1S/C17H26N2O4.C14H19NO4.C13H17NO4.C12H17ClN2O2.C7H15NO.C7H6O4/c1-16(2,3)23-15(21)18-13-6-5-11-19(14(13)20)12-7-9-17(4,22)10-8-12;1-14(18)7-5-10(6-8-14)15-9-3-4-11(12(15)16)13(17)19-2;1-13(18)6-4-9(5-7-13)14-8-2-3-10(11(14)15)12(16)17;1-12(17)6-4-9(5-7-12)15-8-2-3-10(14-13)11(15)16;1-7(9)4-2-6(8)3-5-7;1-10-6(8)5-3-2-4-11-7(5)9/h5-6,11-12,22H,7-10H2,1-4H3,(H,18,21);3-4,9-10,18H,5-8H2,1-2H3;2-3,8-9,18H,4-7H2,1H3,(H,16,17);2-3,8-9,14,17H,4-7H2,1H3;6,9H,2-5,8H2,1H3;2-4H,1H3. The van der Waals surface area contributed by atoms with Crippen molar-refractivity contribution in [3.05, 3.63) is 160 Å². The van der Waals surface area contributed by atoms with Crippen molar-refractivity contribution in [3.63, 3.8) is 0 Å². The molecule has 5 aliphatic rings. The van der Waals surface area contributed by atoms with E-state index in [0.29, 0.717) is 63.1 Å². The molecule has 0 spiro atoms.